The van der Waals surface area contributed by atoms with Gasteiger partial charge in [0.1, 0.15) is 0 Å². The molecule has 0 fully saturated rings. The third-order valence-corrected chi connectivity index (χ3v) is 8.85. The smallest absolute Gasteiger partial charge is 0.0413 e. The van der Waals surface area contributed by atoms with Crippen LogP contribution in [0.3, 0.4) is 0 Å². The average Bonchev–Trinajstić information content (AvgIpc) is 3.14. The van der Waals surface area contributed by atoms with Gasteiger partial charge in [-0.05, 0) is 75.8 Å². The summed E-state index contributed by atoms with van der Waals surface area (Å²) in [6.45, 7) is 11.2. The fourth-order valence-corrected chi connectivity index (χ4v) is 7.67. The Morgan fingerprint density at radius 2 is 1.14 bits per heavy atom. The molecule has 2 aliphatic rings. The predicted molar refractivity (Wildman–Crippen MR) is 136 cm³/mol. The van der Waals surface area contributed by atoms with Crippen molar-refractivity contribution in [3.63, 3.8) is 0 Å². The van der Waals surface area contributed by atoms with Gasteiger partial charge in [0.2, 0.25) is 0 Å². The van der Waals surface area contributed by atoms with Gasteiger partial charge in [-0.25, -0.2) is 0 Å². The summed E-state index contributed by atoms with van der Waals surface area (Å²) in [4.78, 5) is 8.40. The lowest BCUT2D eigenvalue weighted by atomic mass is 9.85. The number of rotatable bonds is 8. The minimum atomic E-state index is 0.127. The lowest BCUT2D eigenvalue weighted by Crippen LogP contribution is -2.20. The summed E-state index contributed by atoms with van der Waals surface area (Å²) in [5.41, 5.74) is 0.253. The molecule has 2 atom stereocenters. The van der Waals surface area contributed by atoms with Crippen molar-refractivity contribution in [3.05, 3.63) is 56.0 Å². The minimum absolute atomic E-state index is 0.127. The highest BCUT2D eigenvalue weighted by molar-refractivity contribution is 8.12. The molecule has 2 unspecified atom stereocenters. The Kier molecular flexibility index (Phi) is 7.61. The summed E-state index contributed by atoms with van der Waals surface area (Å²) < 4.78 is 0. The van der Waals surface area contributed by atoms with E-state index in [-0.39, 0.29) is 10.8 Å². The number of nitrogens with one attached hydrogen (secondary N) is 2. The van der Waals surface area contributed by atoms with Gasteiger partial charge in [0, 0.05) is 30.4 Å². The standard InChI is InChI=1S/C24H34N2S3/c1-17-13-23(3,9-11-25-5)15-21(27-17)19-7-8-20(29-19)22-16-24(4,10-12-26-6)14-18(2)28-22/h7-8,13-16,25-26H,9-12H2,1-6H3. The molecular formula is C24H34N2S3. The molecule has 0 saturated heterocycles. The van der Waals surface area contributed by atoms with Crippen LogP contribution in [0.4, 0.5) is 0 Å². The molecule has 3 rings (SSSR count). The Bertz CT molecular complexity index is 793. The molecule has 0 amide bonds. The minimum Gasteiger partial charge on any atom is -0.320 e. The Hall–Kier alpha value is -0.720. The third-order valence-electron chi connectivity index (χ3n) is 5.45. The maximum absolute atomic E-state index is 3.30. The molecule has 0 spiro atoms. The van der Waals surface area contributed by atoms with Crippen LogP contribution in [0.1, 0.15) is 50.3 Å². The van der Waals surface area contributed by atoms with Crippen molar-refractivity contribution in [3.8, 4) is 0 Å². The average molecular weight is 447 g/mol. The maximum atomic E-state index is 3.30. The van der Waals surface area contributed by atoms with Crippen LogP contribution in [0.15, 0.2) is 46.2 Å². The number of hydrogen-bond donors (Lipinski definition) is 2. The Labute approximate surface area is 189 Å². The molecule has 2 aliphatic heterocycles. The van der Waals surface area contributed by atoms with Crippen LogP contribution in [-0.4, -0.2) is 27.2 Å². The van der Waals surface area contributed by atoms with Crippen LogP contribution in [0, 0.1) is 10.8 Å². The highest BCUT2D eigenvalue weighted by atomic mass is 32.2. The normalized spacial score (nSPS) is 27.2. The zero-order valence-corrected chi connectivity index (χ0v) is 21.0. The first-order valence-electron chi connectivity index (χ1n) is 10.4. The second-order valence-electron chi connectivity index (χ2n) is 8.61. The van der Waals surface area contributed by atoms with E-state index in [0.29, 0.717) is 0 Å². The molecule has 1 aromatic heterocycles. The molecule has 2 nitrogen and oxygen atoms in total. The Morgan fingerprint density at radius 3 is 1.52 bits per heavy atom. The first-order chi connectivity index (χ1) is 13.8. The summed E-state index contributed by atoms with van der Waals surface area (Å²) in [7, 11) is 4.06. The molecular weight excluding hydrogens is 412 g/mol. The van der Waals surface area contributed by atoms with E-state index in [9.17, 15) is 0 Å². The molecule has 0 saturated carbocycles. The number of thioether (sulfide) groups is 2. The summed E-state index contributed by atoms with van der Waals surface area (Å²) in [6, 6.07) is 4.63. The van der Waals surface area contributed by atoms with E-state index in [2.05, 4.69) is 74.8 Å². The molecule has 5 heteroatoms. The van der Waals surface area contributed by atoms with E-state index in [1.54, 1.807) is 0 Å². The number of thiophene rings is 1. The molecule has 29 heavy (non-hydrogen) atoms. The summed E-state index contributed by atoms with van der Waals surface area (Å²) in [6.07, 6.45) is 12.0. The molecule has 0 radical (unpaired) electrons. The second-order valence-corrected chi connectivity index (χ2v) is 12.3. The molecule has 0 aliphatic carbocycles. The Balaban J connectivity index is 1.85. The van der Waals surface area contributed by atoms with Crippen molar-refractivity contribution < 1.29 is 0 Å². The Morgan fingerprint density at radius 1 is 0.724 bits per heavy atom. The molecule has 0 aromatic carbocycles. The first-order valence-corrected chi connectivity index (χ1v) is 12.8. The zero-order valence-electron chi connectivity index (χ0n) is 18.5. The fourth-order valence-electron chi connectivity index (χ4n) is 4.00. The van der Waals surface area contributed by atoms with Crippen molar-refractivity contribution >= 4 is 44.7 Å². The van der Waals surface area contributed by atoms with Gasteiger partial charge in [0.15, 0.2) is 0 Å². The number of hydrogen-bond acceptors (Lipinski definition) is 5. The van der Waals surface area contributed by atoms with Crippen LogP contribution in [-0.2, 0) is 0 Å². The quantitative estimate of drug-likeness (QED) is 0.450. The lowest BCUT2D eigenvalue weighted by Gasteiger charge is -2.29. The van der Waals surface area contributed by atoms with Crippen molar-refractivity contribution in [1.29, 1.82) is 0 Å². The SMILES string of the molecule is CNCCC1(C)C=C(C)SC(c2ccc(C3=CC(C)(CCNC)C=C(C)S3)s2)=C1. The largest absolute Gasteiger partial charge is 0.320 e. The van der Waals surface area contributed by atoms with Crippen molar-refractivity contribution in [2.24, 2.45) is 10.8 Å². The number of allylic oxidation sites excluding steroid dienone is 6. The van der Waals surface area contributed by atoms with Gasteiger partial charge in [-0.3, -0.25) is 0 Å². The van der Waals surface area contributed by atoms with Gasteiger partial charge in [0.05, 0.1) is 0 Å². The van der Waals surface area contributed by atoms with Gasteiger partial charge >= 0.3 is 0 Å². The van der Waals surface area contributed by atoms with Crippen LogP contribution < -0.4 is 10.6 Å². The molecule has 2 N–H and O–H groups in total. The lowest BCUT2D eigenvalue weighted by molar-refractivity contribution is 0.486. The summed E-state index contributed by atoms with van der Waals surface area (Å²) >= 11 is 5.76. The van der Waals surface area contributed by atoms with Crippen molar-refractivity contribution in [2.75, 3.05) is 27.2 Å². The van der Waals surface area contributed by atoms with Gasteiger partial charge < -0.3 is 10.6 Å². The van der Waals surface area contributed by atoms with Gasteiger partial charge in [-0.2, -0.15) is 0 Å². The predicted octanol–water partition coefficient (Wildman–Crippen LogP) is 6.96. The first kappa shape index (κ1) is 23.0. The van der Waals surface area contributed by atoms with E-state index in [1.807, 2.05) is 49.0 Å². The van der Waals surface area contributed by atoms with Gasteiger partial charge in [-0.15, -0.1) is 11.3 Å². The summed E-state index contributed by atoms with van der Waals surface area (Å²) in [5, 5.41) is 6.60. The zero-order chi connectivity index (χ0) is 21.1. The van der Waals surface area contributed by atoms with Gasteiger partial charge in [-0.1, -0.05) is 61.7 Å². The highest BCUT2D eigenvalue weighted by Gasteiger charge is 2.27. The van der Waals surface area contributed by atoms with E-state index >= 15 is 0 Å². The monoisotopic (exact) mass is 446 g/mol. The highest BCUT2D eigenvalue weighted by Crippen LogP contribution is 2.50. The molecule has 158 valence electrons. The molecule has 1 aromatic rings. The second kappa shape index (κ2) is 9.61. The van der Waals surface area contributed by atoms with Crippen LogP contribution in [0.2, 0.25) is 0 Å². The van der Waals surface area contributed by atoms with Gasteiger partial charge in [0.25, 0.3) is 0 Å². The fraction of sp³-hybridized carbons (Fsp3) is 0.500. The van der Waals surface area contributed by atoms with E-state index in [1.165, 1.54) is 29.4 Å². The third kappa shape index (κ3) is 5.92. The van der Waals surface area contributed by atoms with Crippen molar-refractivity contribution in [1.82, 2.24) is 10.6 Å². The van der Waals surface area contributed by atoms with Crippen molar-refractivity contribution in [2.45, 2.75) is 40.5 Å². The summed E-state index contributed by atoms with van der Waals surface area (Å²) in [5.74, 6) is 0. The van der Waals surface area contributed by atoms with Crippen LogP contribution in [0.25, 0.3) is 9.81 Å². The maximum Gasteiger partial charge on any atom is 0.0413 e. The topological polar surface area (TPSA) is 24.1 Å². The van der Waals surface area contributed by atoms with E-state index < -0.39 is 0 Å². The molecule has 0 bridgehead atoms. The van der Waals surface area contributed by atoms with E-state index in [4.69, 9.17) is 0 Å². The van der Waals surface area contributed by atoms with E-state index in [0.717, 1.165) is 25.9 Å². The van der Waals surface area contributed by atoms with Crippen LogP contribution >= 0.6 is 34.9 Å². The molecule has 3 heterocycles. The van der Waals surface area contributed by atoms with Crippen LogP contribution in [0.5, 0.6) is 0 Å².